The molecule has 4 N–H and O–H groups in total. The lowest BCUT2D eigenvalue weighted by Crippen LogP contribution is -2.46. The van der Waals surface area contributed by atoms with Gasteiger partial charge in [-0.2, -0.15) is 0 Å². The Morgan fingerprint density at radius 1 is 1.29 bits per heavy atom. The van der Waals surface area contributed by atoms with Crippen molar-refractivity contribution in [3.05, 3.63) is 0 Å². The lowest BCUT2D eigenvalue weighted by Gasteiger charge is -2.32. The molecule has 0 aliphatic heterocycles. The van der Waals surface area contributed by atoms with Crippen LogP contribution in [0.5, 0.6) is 0 Å². The Balaban J connectivity index is 2.12. The van der Waals surface area contributed by atoms with E-state index in [1.165, 1.54) is 19.3 Å². The van der Waals surface area contributed by atoms with Gasteiger partial charge in [-0.25, -0.2) is 0 Å². The van der Waals surface area contributed by atoms with Gasteiger partial charge in [-0.1, -0.05) is 19.3 Å². The number of nitrogens with two attached hydrogens (primary N) is 2. The number of rotatable bonds is 5. The molecule has 1 saturated carbocycles. The molecule has 0 radical (unpaired) electrons. The summed E-state index contributed by atoms with van der Waals surface area (Å²) in [5.74, 6) is -0.320. The number of primary amides is 1. The highest BCUT2D eigenvalue weighted by molar-refractivity contribution is 5.73. The number of ether oxygens (including phenoxy) is 1. The zero-order valence-electron chi connectivity index (χ0n) is 8.63. The van der Waals surface area contributed by atoms with E-state index >= 15 is 0 Å². The van der Waals surface area contributed by atoms with Gasteiger partial charge in [0.15, 0.2) is 0 Å². The number of amides is 1. The minimum absolute atomic E-state index is 0.157. The third kappa shape index (κ3) is 4.07. The molecule has 0 saturated heterocycles. The van der Waals surface area contributed by atoms with Gasteiger partial charge >= 0.3 is 0 Å². The van der Waals surface area contributed by atoms with Gasteiger partial charge in [0.1, 0.15) is 0 Å². The summed E-state index contributed by atoms with van der Waals surface area (Å²) in [6.07, 6.45) is 6.01. The van der Waals surface area contributed by atoms with E-state index in [0.717, 1.165) is 12.8 Å². The average Bonchev–Trinajstić information content (AvgIpc) is 2.14. The SMILES string of the molecule is NC(=O)CCOCC1(N)CCCCC1. The van der Waals surface area contributed by atoms with E-state index in [1.807, 2.05) is 0 Å². The zero-order chi connectivity index (χ0) is 10.4. The summed E-state index contributed by atoms with van der Waals surface area (Å²) in [7, 11) is 0. The van der Waals surface area contributed by atoms with Crippen LogP contribution in [-0.2, 0) is 9.53 Å². The van der Waals surface area contributed by atoms with Gasteiger partial charge in [0.05, 0.1) is 13.2 Å². The third-order valence-corrected chi connectivity index (χ3v) is 2.73. The molecule has 0 atom stereocenters. The smallest absolute Gasteiger partial charge is 0.219 e. The molecule has 14 heavy (non-hydrogen) atoms. The number of carbonyl (C=O) groups is 1. The molecule has 82 valence electrons. The maximum atomic E-state index is 10.4. The first-order chi connectivity index (χ1) is 6.62. The van der Waals surface area contributed by atoms with Gasteiger partial charge in [-0.3, -0.25) is 4.79 Å². The molecule has 0 aromatic carbocycles. The van der Waals surface area contributed by atoms with Gasteiger partial charge in [0.25, 0.3) is 0 Å². The number of hydrogen-bond acceptors (Lipinski definition) is 3. The molecule has 0 heterocycles. The molecule has 1 aliphatic rings. The Bertz CT molecular complexity index is 189. The molecule has 1 aliphatic carbocycles. The van der Waals surface area contributed by atoms with Crippen molar-refractivity contribution in [2.75, 3.05) is 13.2 Å². The molecule has 0 aromatic heterocycles. The Hall–Kier alpha value is -0.610. The van der Waals surface area contributed by atoms with Crippen molar-refractivity contribution in [2.45, 2.75) is 44.1 Å². The minimum atomic E-state index is -0.320. The lowest BCUT2D eigenvalue weighted by atomic mass is 9.83. The predicted molar refractivity (Wildman–Crippen MR) is 54.6 cm³/mol. The molecule has 4 heteroatoms. The van der Waals surface area contributed by atoms with Crippen molar-refractivity contribution in [1.29, 1.82) is 0 Å². The summed E-state index contributed by atoms with van der Waals surface area (Å²) in [6, 6.07) is 0. The molecule has 0 spiro atoms. The van der Waals surface area contributed by atoms with Gasteiger partial charge in [0.2, 0.25) is 5.91 Å². The highest BCUT2D eigenvalue weighted by atomic mass is 16.5. The second-order valence-corrected chi connectivity index (χ2v) is 4.19. The van der Waals surface area contributed by atoms with E-state index in [0.29, 0.717) is 13.2 Å². The van der Waals surface area contributed by atoms with Gasteiger partial charge in [-0.15, -0.1) is 0 Å². The Kier molecular flexibility index (Phi) is 4.35. The summed E-state index contributed by atoms with van der Waals surface area (Å²) in [6.45, 7) is 0.953. The second-order valence-electron chi connectivity index (χ2n) is 4.19. The summed E-state index contributed by atoms with van der Waals surface area (Å²) in [5.41, 5.74) is 11.0. The van der Waals surface area contributed by atoms with Crippen LogP contribution in [0.25, 0.3) is 0 Å². The van der Waals surface area contributed by atoms with Crippen LogP contribution in [0.4, 0.5) is 0 Å². The van der Waals surface area contributed by atoms with Crippen molar-refractivity contribution in [3.8, 4) is 0 Å². The van der Waals surface area contributed by atoms with Crippen molar-refractivity contribution in [2.24, 2.45) is 11.5 Å². The van der Waals surface area contributed by atoms with Crippen LogP contribution in [0, 0.1) is 0 Å². The first-order valence-corrected chi connectivity index (χ1v) is 5.27. The van der Waals surface area contributed by atoms with Crippen molar-refractivity contribution in [1.82, 2.24) is 0 Å². The van der Waals surface area contributed by atoms with Gasteiger partial charge < -0.3 is 16.2 Å². The monoisotopic (exact) mass is 200 g/mol. The molecule has 1 amide bonds. The van der Waals surface area contributed by atoms with Crippen LogP contribution < -0.4 is 11.5 Å². The van der Waals surface area contributed by atoms with Gasteiger partial charge in [0, 0.05) is 12.0 Å². The molecule has 0 aromatic rings. The second kappa shape index (κ2) is 5.32. The standard InChI is InChI=1S/C10H20N2O2/c11-9(13)4-7-14-8-10(12)5-2-1-3-6-10/h1-8,12H2,(H2,11,13). The van der Waals surface area contributed by atoms with E-state index in [-0.39, 0.29) is 17.9 Å². The first-order valence-electron chi connectivity index (χ1n) is 5.27. The molecular weight excluding hydrogens is 180 g/mol. The third-order valence-electron chi connectivity index (χ3n) is 2.73. The Labute approximate surface area is 85.0 Å². The van der Waals surface area contributed by atoms with Gasteiger partial charge in [-0.05, 0) is 12.8 Å². The summed E-state index contributed by atoms with van der Waals surface area (Å²) in [5, 5.41) is 0. The fourth-order valence-corrected chi connectivity index (χ4v) is 1.85. The Morgan fingerprint density at radius 2 is 1.93 bits per heavy atom. The molecule has 1 fully saturated rings. The normalized spacial score (nSPS) is 20.6. The molecular formula is C10H20N2O2. The van der Waals surface area contributed by atoms with E-state index in [2.05, 4.69) is 0 Å². The van der Waals surface area contributed by atoms with E-state index < -0.39 is 0 Å². The highest BCUT2D eigenvalue weighted by Crippen LogP contribution is 2.25. The maximum Gasteiger partial charge on any atom is 0.219 e. The van der Waals surface area contributed by atoms with Crippen LogP contribution in [-0.4, -0.2) is 24.7 Å². The summed E-state index contributed by atoms with van der Waals surface area (Å²) >= 11 is 0. The van der Waals surface area contributed by atoms with Crippen molar-refractivity contribution >= 4 is 5.91 Å². The fourth-order valence-electron chi connectivity index (χ4n) is 1.85. The minimum Gasteiger partial charge on any atom is -0.379 e. The molecule has 4 nitrogen and oxygen atoms in total. The summed E-state index contributed by atoms with van der Waals surface area (Å²) < 4.78 is 5.36. The molecule has 1 rings (SSSR count). The fraction of sp³-hybridized carbons (Fsp3) is 0.900. The number of hydrogen-bond donors (Lipinski definition) is 2. The van der Waals surface area contributed by atoms with Crippen LogP contribution >= 0.6 is 0 Å². The quantitative estimate of drug-likeness (QED) is 0.636. The van der Waals surface area contributed by atoms with E-state index in [4.69, 9.17) is 16.2 Å². The first kappa shape index (κ1) is 11.5. The topological polar surface area (TPSA) is 78.3 Å². The van der Waals surface area contributed by atoms with E-state index in [1.54, 1.807) is 0 Å². The summed E-state index contributed by atoms with van der Waals surface area (Å²) in [4.78, 5) is 10.4. The maximum absolute atomic E-state index is 10.4. The van der Waals surface area contributed by atoms with Crippen molar-refractivity contribution in [3.63, 3.8) is 0 Å². The average molecular weight is 200 g/mol. The molecule has 0 bridgehead atoms. The largest absolute Gasteiger partial charge is 0.379 e. The highest BCUT2D eigenvalue weighted by Gasteiger charge is 2.27. The lowest BCUT2D eigenvalue weighted by molar-refractivity contribution is -0.119. The van der Waals surface area contributed by atoms with E-state index in [9.17, 15) is 4.79 Å². The van der Waals surface area contributed by atoms with Crippen molar-refractivity contribution < 1.29 is 9.53 Å². The van der Waals surface area contributed by atoms with Crippen LogP contribution in [0.2, 0.25) is 0 Å². The van der Waals surface area contributed by atoms with Crippen LogP contribution in [0.1, 0.15) is 38.5 Å². The zero-order valence-corrected chi connectivity index (χ0v) is 8.63. The van der Waals surface area contributed by atoms with Crippen LogP contribution in [0.15, 0.2) is 0 Å². The number of carbonyl (C=O) groups excluding carboxylic acids is 1. The Morgan fingerprint density at radius 3 is 2.50 bits per heavy atom. The molecule has 0 unspecified atom stereocenters. The predicted octanol–water partition coefficient (Wildman–Crippen LogP) is 0.540. The van der Waals surface area contributed by atoms with Crippen LogP contribution in [0.3, 0.4) is 0 Å².